The van der Waals surface area contributed by atoms with Gasteiger partial charge in [-0.25, -0.2) is 0 Å². The van der Waals surface area contributed by atoms with Gasteiger partial charge < -0.3 is 4.90 Å². The Morgan fingerprint density at radius 3 is 2.50 bits per heavy atom. The van der Waals surface area contributed by atoms with Gasteiger partial charge in [0, 0.05) is 23.7 Å². The van der Waals surface area contributed by atoms with Crippen molar-refractivity contribution in [1.82, 2.24) is 9.88 Å². The number of aliphatic imine (C=N–C) groups is 1. The average Bonchev–Trinajstić information content (AvgIpc) is 2.69. The van der Waals surface area contributed by atoms with Gasteiger partial charge in [0.15, 0.2) is 0 Å². The molecule has 2 aliphatic heterocycles. The lowest BCUT2D eigenvalue weighted by Gasteiger charge is -2.39. The Kier molecular flexibility index (Phi) is 5.21. The van der Waals surface area contributed by atoms with Gasteiger partial charge in [-0.15, -0.1) is 11.8 Å². The van der Waals surface area contributed by atoms with E-state index in [9.17, 15) is 13.2 Å². The third kappa shape index (κ3) is 3.95. The van der Waals surface area contributed by atoms with Gasteiger partial charge in [-0.05, 0) is 30.3 Å². The second-order valence-electron chi connectivity index (χ2n) is 6.33. The Morgan fingerprint density at radius 2 is 1.82 bits per heavy atom. The van der Waals surface area contributed by atoms with Crippen molar-refractivity contribution in [1.29, 1.82) is 0 Å². The second-order valence-corrected chi connectivity index (χ2v) is 7.98. The molecule has 0 radical (unpaired) electrons. The summed E-state index contributed by atoms with van der Waals surface area (Å²) in [5.74, 6) is 0.338. The van der Waals surface area contributed by atoms with E-state index in [-0.39, 0.29) is 16.4 Å². The van der Waals surface area contributed by atoms with E-state index in [1.807, 2.05) is 48.5 Å². The van der Waals surface area contributed by atoms with Gasteiger partial charge in [-0.3, -0.25) is 9.98 Å². The lowest BCUT2D eigenvalue weighted by molar-refractivity contribution is -0.0892. The number of alkyl halides is 3. The van der Waals surface area contributed by atoms with E-state index < -0.39 is 11.7 Å². The molecular formula is C20H15ClF3N3S. The quantitative estimate of drug-likeness (QED) is 0.615. The fraction of sp³-hybridized carbons (Fsp3) is 0.200. The molecule has 0 fully saturated rings. The molecule has 144 valence electrons. The number of benzene rings is 1. The van der Waals surface area contributed by atoms with Crippen molar-refractivity contribution in [2.45, 2.75) is 28.9 Å². The normalized spacial score (nSPS) is 22.1. The summed E-state index contributed by atoms with van der Waals surface area (Å²) in [6, 6.07) is 14.8. The van der Waals surface area contributed by atoms with Crippen molar-refractivity contribution in [3.63, 3.8) is 0 Å². The summed E-state index contributed by atoms with van der Waals surface area (Å²) in [5, 5.41) is -0.323. The molecule has 3 heterocycles. The van der Waals surface area contributed by atoms with Crippen LogP contribution in [-0.2, 0) is 0 Å². The van der Waals surface area contributed by atoms with Crippen LogP contribution in [0.15, 0.2) is 87.5 Å². The van der Waals surface area contributed by atoms with E-state index in [1.54, 1.807) is 6.20 Å². The van der Waals surface area contributed by atoms with Gasteiger partial charge in [-0.1, -0.05) is 35.9 Å². The van der Waals surface area contributed by atoms with Crippen LogP contribution >= 0.6 is 23.4 Å². The minimum absolute atomic E-state index is 0.0193. The summed E-state index contributed by atoms with van der Waals surface area (Å²) in [6.45, 7) is 0. The maximum Gasteiger partial charge on any atom is 0.417 e. The van der Waals surface area contributed by atoms with E-state index in [0.717, 1.165) is 22.9 Å². The molecular weight excluding hydrogens is 407 g/mol. The first-order valence-electron chi connectivity index (χ1n) is 8.57. The first-order valence-corrected chi connectivity index (χ1v) is 9.83. The van der Waals surface area contributed by atoms with Crippen LogP contribution in [0.5, 0.6) is 0 Å². The summed E-state index contributed by atoms with van der Waals surface area (Å²) in [4.78, 5) is 11.5. The summed E-state index contributed by atoms with van der Waals surface area (Å²) >= 11 is 7.71. The Morgan fingerprint density at radius 1 is 1.07 bits per heavy atom. The number of thioether (sulfide) groups is 1. The fourth-order valence-corrected chi connectivity index (χ4v) is 4.55. The van der Waals surface area contributed by atoms with Gasteiger partial charge in [0.2, 0.25) is 0 Å². The highest BCUT2D eigenvalue weighted by Crippen LogP contribution is 2.42. The molecule has 2 unspecified atom stereocenters. The molecule has 0 bridgehead atoms. The molecule has 0 spiro atoms. The van der Waals surface area contributed by atoms with Gasteiger partial charge in [-0.2, -0.15) is 13.2 Å². The van der Waals surface area contributed by atoms with Crippen molar-refractivity contribution < 1.29 is 13.2 Å². The third-order valence-electron chi connectivity index (χ3n) is 4.40. The molecule has 0 saturated carbocycles. The summed E-state index contributed by atoms with van der Waals surface area (Å²) in [6.07, 6.45) is -0.263. The molecule has 0 aliphatic carbocycles. The monoisotopic (exact) mass is 421 g/mol. The van der Waals surface area contributed by atoms with E-state index in [2.05, 4.69) is 9.98 Å². The highest BCUT2D eigenvalue weighted by atomic mass is 35.5. The van der Waals surface area contributed by atoms with Crippen LogP contribution in [0.3, 0.4) is 0 Å². The number of rotatable bonds is 3. The Labute approximate surface area is 169 Å². The zero-order valence-corrected chi connectivity index (χ0v) is 16.0. The van der Waals surface area contributed by atoms with Crippen molar-refractivity contribution in [3.8, 4) is 0 Å². The van der Waals surface area contributed by atoms with Gasteiger partial charge in [0.25, 0.3) is 0 Å². The number of halogens is 4. The highest BCUT2D eigenvalue weighted by molar-refractivity contribution is 7.99. The number of nitrogens with zero attached hydrogens (tertiary/aromatic N) is 3. The van der Waals surface area contributed by atoms with Crippen molar-refractivity contribution >= 4 is 29.2 Å². The minimum atomic E-state index is -4.48. The number of hydrogen-bond acceptors (Lipinski definition) is 4. The largest absolute Gasteiger partial charge is 0.417 e. The Balaban J connectivity index is 1.74. The van der Waals surface area contributed by atoms with Crippen LogP contribution in [0.25, 0.3) is 0 Å². The van der Waals surface area contributed by atoms with Gasteiger partial charge in [0.1, 0.15) is 5.84 Å². The molecule has 0 saturated heterocycles. The van der Waals surface area contributed by atoms with E-state index in [0.29, 0.717) is 12.3 Å². The Hall–Kier alpha value is -2.25. The average molecular weight is 422 g/mol. The Bertz CT molecular complexity index is 942. The summed E-state index contributed by atoms with van der Waals surface area (Å²) < 4.78 is 39.9. The molecule has 28 heavy (non-hydrogen) atoms. The SMILES string of the molecule is FC(F)(F)C1=CN2C(=NC(c3ccccn3)CC2Sc2ccccc2)C(Cl)=C1. The van der Waals surface area contributed by atoms with Crippen LogP contribution in [0.4, 0.5) is 13.2 Å². The van der Waals surface area contributed by atoms with Gasteiger partial charge in [0.05, 0.1) is 27.7 Å². The van der Waals surface area contributed by atoms with Crippen molar-refractivity contribution in [2.24, 2.45) is 4.99 Å². The van der Waals surface area contributed by atoms with Crippen LogP contribution in [0, 0.1) is 0 Å². The van der Waals surface area contributed by atoms with Crippen LogP contribution in [0.2, 0.25) is 0 Å². The minimum Gasteiger partial charge on any atom is -0.319 e. The maximum absolute atomic E-state index is 13.3. The fourth-order valence-electron chi connectivity index (χ4n) is 3.10. The molecule has 4 rings (SSSR count). The van der Waals surface area contributed by atoms with Crippen LogP contribution < -0.4 is 0 Å². The molecule has 2 aliphatic rings. The number of hydrogen-bond donors (Lipinski definition) is 0. The summed E-state index contributed by atoms with van der Waals surface area (Å²) in [5.41, 5.74) is -0.0187. The lowest BCUT2D eigenvalue weighted by Crippen LogP contribution is -2.42. The molecule has 0 N–H and O–H groups in total. The standard InChI is InChI=1S/C20H15ClF3N3S/c21-15-10-13(20(22,23)24)12-27-18(28-14-6-2-1-3-7-14)11-17(26-19(15)27)16-8-4-5-9-25-16/h1-10,12,17-18H,11H2. The lowest BCUT2D eigenvalue weighted by atomic mass is 10.1. The maximum atomic E-state index is 13.3. The zero-order valence-electron chi connectivity index (χ0n) is 14.5. The third-order valence-corrected chi connectivity index (χ3v) is 5.92. The second kappa shape index (κ2) is 7.64. The molecule has 3 nitrogen and oxygen atoms in total. The van der Waals surface area contributed by atoms with E-state index in [1.165, 1.54) is 16.7 Å². The molecule has 1 aromatic heterocycles. The van der Waals surface area contributed by atoms with Crippen molar-refractivity contribution in [2.75, 3.05) is 0 Å². The zero-order chi connectivity index (χ0) is 19.7. The van der Waals surface area contributed by atoms with E-state index >= 15 is 0 Å². The number of aromatic nitrogens is 1. The first kappa shape index (κ1) is 19.1. The summed E-state index contributed by atoms with van der Waals surface area (Å²) in [7, 11) is 0. The number of fused-ring (bicyclic) bond motifs is 1. The molecule has 1 aromatic carbocycles. The highest BCUT2D eigenvalue weighted by Gasteiger charge is 2.40. The number of pyridine rings is 1. The smallest absolute Gasteiger partial charge is 0.319 e. The van der Waals surface area contributed by atoms with Crippen LogP contribution in [-0.4, -0.2) is 27.3 Å². The molecule has 2 aromatic rings. The number of allylic oxidation sites excluding steroid dienone is 2. The van der Waals surface area contributed by atoms with E-state index in [4.69, 9.17) is 11.6 Å². The molecule has 0 amide bonds. The van der Waals surface area contributed by atoms with Crippen LogP contribution in [0.1, 0.15) is 18.2 Å². The number of amidine groups is 1. The predicted molar refractivity (Wildman–Crippen MR) is 105 cm³/mol. The predicted octanol–water partition coefficient (Wildman–Crippen LogP) is 5.93. The molecule has 2 atom stereocenters. The van der Waals surface area contributed by atoms with Crippen molar-refractivity contribution in [3.05, 3.63) is 83.3 Å². The first-order chi connectivity index (χ1) is 13.4. The van der Waals surface area contributed by atoms with Gasteiger partial charge >= 0.3 is 6.18 Å². The molecule has 8 heteroatoms. The topological polar surface area (TPSA) is 28.5 Å².